The molecule has 3 nitrogen and oxygen atoms in total. The van der Waals surface area contributed by atoms with Crippen molar-refractivity contribution in [1.29, 1.82) is 0 Å². The van der Waals surface area contributed by atoms with Crippen molar-refractivity contribution in [3.8, 4) is 0 Å². The number of hydrogen-bond donors (Lipinski definition) is 2. The molecule has 2 rings (SSSR count). The van der Waals surface area contributed by atoms with E-state index in [2.05, 4.69) is 0 Å². The number of carboxylic acid groups (broad SMARTS) is 1. The zero-order valence-electron chi connectivity index (χ0n) is 10.6. The van der Waals surface area contributed by atoms with E-state index in [0.717, 1.165) is 15.4 Å². The van der Waals surface area contributed by atoms with E-state index in [1.54, 1.807) is 11.8 Å². The van der Waals surface area contributed by atoms with Crippen molar-refractivity contribution in [1.82, 2.24) is 0 Å². The summed E-state index contributed by atoms with van der Waals surface area (Å²) in [4.78, 5) is 12.8. The highest BCUT2D eigenvalue weighted by Gasteiger charge is 2.14. The van der Waals surface area contributed by atoms with Crippen LogP contribution in [-0.4, -0.2) is 11.1 Å². The van der Waals surface area contributed by atoms with E-state index in [4.69, 9.17) is 22.4 Å². The molecule has 0 aliphatic heterocycles. The van der Waals surface area contributed by atoms with Crippen LogP contribution in [-0.2, 0) is 4.79 Å². The average molecular weight is 308 g/mol. The first kappa shape index (κ1) is 14.9. The van der Waals surface area contributed by atoms with E-state index in [1.807, 2.05) is 48.5 Å². The van der Waals surface area contributed by atoms with Crippen molar-refractivity contribution >= 4 is 29.3 Å². The summed E-state index contributed by atoms with van der Waals surface area (Å²) in [6.07, 6.45) is -0.0851. The fourth-order valence-corrected chi connectivity index (χ4v) is 2.94. The van der Waals surface area contributed by atoms with Gasteiger partial charge in [0.1, 0.15) is 0 Å². The fourth-order valence-electron chi connectivity index (χ4n) is 1.81. The Hall–Kier alpha value is -1.49. The maximum Gasteiger partial charge on any atom is 0.305 e. The summed E-state index contributed by atoms with van der Waals surface area (Å²) in [7, 11) is 0. The second-order valence-corrected chi connectivity index (χ2v) is 5.85. The molecule has 104 valence electrons. The highest BCUT2D eigenvalue weighted by molar-refractivity contribution is 7.99. The van der Waals surface area contributed by atoms with Gasteiger partial charge in [0.05, 0.1) is 6.42 Å². The van der Waals surface area contributed by atoms with Crippen LogP contribution in [0.1, 0.15) is 18.0 Å². The minimum Gasteiger partial charge on any atom is -0.481 e. The molecule has 0 aromatic heterocycles. The molecule has 0 fully saturated rings. The summed E-state index contributed by atoms with van der Waals surface area (Å²) >= 11 is 7.41. The van der Waals surface area contributed by atoms with Crippen LogP contribution in [0.4, 0.5) is 0 Å². The van der Waals surface area contributed by atoms with Crippen LogP contribution in [0.3, 0.4) is 0 Å². The second-order valence-electron chi connectivity index (χ2n) is 4.30. The Bertz CT molecular complexity index is 601. The smallest absolute Gasteiger partial charge is 0.305 e. The lowest BCUT2D eigenvalue weighted by Crippen LogP contribution is -2.15. The predicted molar refractivity (Wildman–Crippen MR) is 81.2 cm³/mol. The molecule has 0 amide bonds. The van der Waals surface area contributed by atoms with Gasteiger partial charge < -0.3 is 10.8 Å². The number of rotatable bonds is 5. The summed E-state index contributed by atoms with van der Waals surface area (Å²) in [6.45, 7) is 0. The molecule has 0 heterocycles. The van der Waals surface area contributed by atoms with Crippen LogP contribution < -0.4 is 5.73 Å². The average Bonchev–Trinajstić information content (AvgIpc) is 2.41. The molecule has 5 heteroatoms. The molecule has 1 unspecified atom stereocenters. The molecule has 0 saturated carbocycles. The molecule has 0 saturated heterocycles. The monoisotopic (exact) mass is 307 g/mol. The van der Waals surface area contributed by atoms with Crippen LogP contribution in [0.2, 0.25) is 5.02 Å². The predicted octanol–water partition coefficient (Wildman–Crippen LogP) is 3.97. The zero-order valence-corrected chi connectivity index (χ0v) is 12.2. The standard InChI is InChI=1S/C15H14ClNO2S/c16-10-5-7-11(8-6-10)20-14-4-2-1-3-12(14)13(17)9-15(18)19/h1-8,13H,9,17H2,(H,18,19). The zero-order chi connectivity index (χ0) is 14.5. The van der Waals surface area contributed by atoms with E-state index < -0.39 is 12.0 Å². The first-order valence-electron chi connectivity index (χ1n) is 6.06. The summed E-state index contributed by atoms with van der Waals surface area (Å²) in [5.41, 5.74) is 6.80. The number of carboxylic acids is 1. The van der Waals surface area contributed by atoms with Crippen molar-refractivity contribution in [2.75, 3.05) is 0 Å². The first-order chi connectivity index (χ1) is 9.56. The molecule has 2 aromatic carbocycles. The Labute approximate surface area is 126 Å². The third-order valence-corrected chi connectivity index (χ3v) is 4.11. The van der Waals surface area contributed by atoms with Crippen LogP contribution in [0, 0.1) is 0 Å². The Balaban J connectivity index is 2.23. The summed E-state index contributed by atoms with van der Waals surface area (Å²) in [5.74, 6) is -0.899. The van der Waals surface area contributed by atoms with Gasteiger partial charge in [0.15, 0.2) is 0 Å². The molecule has 0 aliphatic rings. The maximum atomic E-state index is 10.8. The molecule has 3 N–H and O–H groups in total. The van der Waals surface area contributed by atoms with Gasteiger partial charge in [-0.1, -0.05) is 41.6 Å². The van der Waals surface area contributed by atoms with Gasteiger partial charge in [0, 0.05) is 20.9 Å². The molecule has 20 heavy (non-hydrogen) atoms. The van der Waals surface area contributed by atoms with Crippen molar-refractivity contribution < 1.29 is 9.90 Å². The summed E-state index contributed by atoms with van der Waals surface area (Å²) < 4.78 is 0. The maximum absolute atomic E-state index is 10.8. The molecular weight excluding hydrogens is 294 g/mol. The molecule has 0 aliphatic carbocycles. The molecule has 0 spiro atoms. The largest absolute Gasteiger partial charge is 0.481 e. The van der Waals surface area contributed by atoms with Gasteiger partial charge in [-0.05, 0) is 35.9 Å². The lowest BCUT2D eigenvalue weighted by atomic mass is 10.1. The lowest BCUT2D eigenvalue weighted by Gasteiger charge is -2.14. The Morgan fingerprint density at radius 2 is 1.85 bits per heavy atom. The minimum absolute atomic E-state index is 0.0851. The fraction of sp³-hybridized carbons (Fsp3) is 0.133. The van der Waals surface area contributed by atoms with E-state index in [-0.39, 0.29) is 6.42 Å². The number of hydrogen-bond acceptors (Lipinski definition) is 3. The normalized spacial score (nSPS) is 12.1. The highest BCUT2D eigenvalue weighted by Crippen LogP contribution is 2.33. The van der Waals surface area contributed by atoms with Gasteiger partial charge in [0.2, 0.25) is 0 Å². The Morgan fingerprint density at radius 1 is 1.20 bits per heavy atom. The molecular formula is C15H14ClNO2S. The van der Waals surface area contributed by atoms with E-state index in [1.165, 1.54) is 0 Å². The quantitative estimate of drug-likeness (QED) is 0.877. The van der Waals surface area contributed by atoms with Crippen molar-refractivity contribution in [2.45, 2.75) is 22.3 Å². The van der Waals surface area contributed by atoms with Gasteiger partial charge in [-0.25, -0.2) is 0 Å². The molecule has 0 radical (unpaired) electrons. The number of nitrogens with two attached hydrogens (primary N) is 1. The van der Waals surface area contributed by atoms with Gasteiger partial charge >= 0.3 is 5.97 Å². The summed E-state index contributed by atoms with van der Waals surface area (Å²) in [6, 6.07) is 14.6. The minimum atomic E-state index is -0.899. The Kier molecular flexibility index (Phi) is 5.06. The third-order valence-electron chi connectivity index (χ3n) is 2.75. The highest BCUT2D eigenvalue weighted by atomic mass is 35.5. The van der Waals surface area contributed by atoms with Crippen LogP contribution >= 0.6 is 23.4 Å². The van der Waals surface area contributed by atoms with Crippen molar-refractivity contribution in [3.05, 3.63) is 59.1 Å². The topological polar surface area (TPSA) is 63.3 Å². The van der Waals surface area contributed by atoms with E-state index in [0.29, 0.717) is 5.02 Å². The van der Waals surface area contributed by atoms with Crippen molar-refractivity contribution in [2.24, 2.45) is 5.73 Å². The number of benzene rings is 2. The number of halogens is 1. The SMILES string of the molecule is NC(CC(=O)O)c1ccccc1Sc1ccc(Cl)cc1. The van der Waals surface area contributed by atoms with Gasteiger partial charge in [0.25, 0.3) is 0 Å². The first-order valence-corrected chi connectivity index (χ1v) is 7.25. The molecule has 1 atom stereocenters. The Morgan fingerprint density at radius 3 is 2.50 bits per heavy atom. The molecule has 0 bridgehead atoms. The van der Waals surface area contributed by atoms with Crippen LogP contribution in [0.15, 0.2) is 58.3 Å². The van der Waals surface area contributed by atoms with Crippen molar-refractivity contribution in [3.63, 3.8) is 0 Å². The third kappa shape index (κ3) is 4.00. The van der Waals surface area contributed by atoms with Gasteiger partial charge in [-0.15, -0.1) is 0 Å². The van der Waals surface area contributed by atoms with E-state index in [9.17, 15) is 4.79 Å². The van der Waals surface area contributed by atoms with E-state index >= 15 is 0 Å². The number of aliphatic carboxylic acids is 1. The number of carbonyl (C=O) groups is 1. The summed E-state index contributed by atoms with van der Waals surface area (Å²) in [5, 5.41) is 9.54. The molecule has 2 aromatic rings. The van der Waals surface area contributed by atoms with Gasteiger partial charge in [-0.3, -0.25) is 4.79 Å². The van der Waals surface area contributed by atoms with Crippen LogP contribution in [0.5, 0.6) is 0 Å². The second kappa shape index (κ2) is 6.79. The van der Waals surface area contributed by atoms with Crippen LogP contribution in [0.25, 0.3) is 0 Å². The lowest BCUT2D eigenvalue weighted by molar-refractivity contribution is -0.137. The van der Waals surface area contributed by atoms with Gasteiger partial charge in [-0.2, -0.15) is 0 Å².